The van der Waals surface area contributed by atoms with Crippen LogP contribution < -0.4 is 5.73 Å². The van der Waals surface area contributed by atoms with Crippen LogP contribution in [0.1, 0.15) is 25.3 Å². The molecule has 0 amide bonds. The standard InChI is InChI=1S/C15H19FN2O2S/c1-12-6-9-18(10-7-12)21(19,20)14-5-4-13(3-2-8-17)15(16)11-14/h4-5,11-12H,6-10,17H2,1H3. The maximum absolute atomic E-state index is 13.9. The molecule has 2 rings (SSSR count). The molecule has 0 aliphatic carbocycles. The van der Waals surface area contributed by atoms with Gasteiger partial charge in [-0.3, -0.25) is 0 Å². The maximum atomic E-state index is 13.9. The summed E-state index contributed by atoms with van der Waals surface area (Å²) in [5.41, 5.74) is 5.39. The Morgan fingerprint density at radius 2 is 2.05 bits per heavy atom. The summed E-state index contributed by atoms with van der Waals surface area (Å²) in [5, 5.41) is 0. The summed E-state index contributed by atoms with van der Waals surface area (Å²) in [7, 11) is -3.62. The molecule has 1 saturated heterocycles. The lowest BCUT2D eigenvalue weighted by Gasteiger charge is -2.29. The van der Waals surface area contributed by atoms with Gasteiger partial charge in [0.15, 0.2) is 0 Å². The van der Waals surface area contributed by atoms with E-state index in [-0.39, 0.29) is 17.0 Å². The van der Waals surface area contributed by atoms with Crippen LogP contribution in [0.2, 0.25) is 0 Å². The van der Waals surface area contributed by atoms with Crippen molar-refractivity contribution in [2.24, 2.45) is 11.7 Å². The molecule has 6 heteroatoms. The van der Waals surface area contributed by atoms with E-state index in [0.717, 1.165) is 18.9 Å². The average Bonchev–Trinajstić information content (AvgIpc) is 2.46. The van der Waals surface area contributed by atoms with E-state index in [1.54, 1.807) is 0 Å². The Bertz CT molecular complexity index is 669. The van der Waals surface area contributed by atoms with Crippen molar-refractivity contribution in [1.29, 1.82) is 0 Å². The second-order valence-corrected chi connectivity index (χ2v) is 7.17. The molecular formula is C15H19FN2O2S. The molecule has 2 N–H and O–H groups in total. The number of benzene rings is 1. The summed E-state index contributed by atoms with van der Waals surface area (Å²) < 4.78 is 40.3. The Balaban J connectivity index is 2.26. The van der Waals surface area contributed by atoms with Crippen molar-refractivity contribution >= 4 is 10.0 Å². The molecule has 0 bridgehead atoms. The van der Waals surface area contributed by atoms with Gasteiger partial charge in [0.2, 0.25) is 10.0 Å². The Morgan fingerprint density at radius 1 is 1.38 bits per heavy atom. The van der Waals surface area contributed by atoms with Crippen LogP contribution in [0.4, 0.5) is 4.39 Å². The van der Waals surface area contributed by atoms with E-state index in [1.165, 1.54) is 16.4 Å². The van der Waals surface area contributed by atoms with Crippen LogP contribution in [0, 0.1) is 23.6 Å². The lowest BCUT2D eigenvalue weighted by atomic mass is 10.0. The number of nitrogens with zero attached hydrogens (tertiary/aromatic N) is 1. The number of sulfonamides is 1. The van der Waals surface area contributed by atoms with Crippen molar-refractivity contribution < 1.29 is 12.8 Å². The maximum Gasteiger partial charge on any atom is 0.243 e. The normalized spacial score (nSPS) is 17.3. The van der Waals surface area contributed by atoms with Gasteiger partial charge in [-0.15, -0.1) is 0 Å². The van der Waals surface area contributed by atoms with Gasteiger partial charge in [0, 0.05) is 13.1 Å². The molecule has 0 aromatic heterocycles. The van der Waals surface area contributed by atoms with Gasteiger partial charge in [0.1, 0.15) is 5.82 Å². The number of rotatable bonds is 2. The van der Waals surface area contributed by atoms with Crippen LogP contribution in [0.5, 0.6) is 0 Å². The monoisotopic (exact) mass is 310 g/mol. The first kappa shape index (κ1) is 16.0. The lowest BCUT2D eigenvalue weighted by molar-refractivity contribution is 0.288. The third-order valence-corrected chi connectivity index (χ3v) is 5.54. The van der Waals surface area contributed by atoms with Gasteiger partial charge >= 0.3 is 0 Å². The molecule has 0 radical (unpaired) electrons. The fraction of sp³-hybridized carbons (Fsp3) is 0.467. The Morgan fingerprint density at radius 3 is 2.62 bits per heavy atom. The number of piperidine rings is 1. The van der Waals surface area contributed by atoms with Crippen molar-refractivity contribution in [3.63, 3.8) is 0 Å². The third kappa shape index (κ3) is 3.62. The highest BCUT2D eigenvalue weighted by molar-refractivity contribution is 7.89. The van der Waals surface area contributed by atoms with Crippen molar-refractivity contribution in [1.82, 2.24) is 4.31 Å². The first-order chi connectivity index (χ1) is 9.95. The van der Waals surface area contributed by atoms with Gasteiger partial charge in [-0.2, -0.15) is 4.31 Å². The average molecular weight is 310 g/mol. The van der Waals surface area contributed by atoms with Gasteiger partial charge in [-0.05, 0) is 37.0 Å². The van der Waals surface area contributed by atoms with Gasteiger partial charge in [0.05, 0.1) is 17.0 Å². The zero-order valence-electron chi connectivity index (χ0n) is 12.0. The Labute approximate surface area is 125 Å². The fourth-order valence-electron chi connectivity index (χ4n) is 2.28. The summed E-state index contributed by atoms with van der Waals surface area (Å²) in [6, 6.07) is 3.82. The van der Waals surface area contributed by atoms with Crippen LogP contribution in [0.25, 0.3) is 0 Å². The highest BCUT2D eigenvalue weighted by atomic mass is 32.2. The molecule has 1 fully saturated rings. The second kappa shape index (κ2) is 6.56. The largest absolute Gasteiger partial charge is 0.320 e. The minimum absolute atomic E-state index is 0.0205. The van der Waals surface area contributed by atoms with E-state index < -0.39 is 15.8 Å². The van der Waals surface area contributed by atoms with Gasteiger partial charge in [-0.25, -0.2) is 12.8 Å². The topological polar surface area (TPSA) is 63.4 Å². The number of halogens is 1. The summed E-state index contributed by atoms with van der Waals surface area (Å²) in [6.45, 7) is 3.21. The van der Waals surface area contributed by atoms with E-state index in [9.17, 15) is 12.8 Å². The highest BCUT2D eigenvalue weighted by Gasteiger charge is 2.28. The summed E-state index contributed by atoms with van der Waals surface area (Å²) in [4.78, 5) is -0.0205. The van der Waals surface area contributed by atoms with E-state index in [4.69, 9.17) is 5.73 Å². The van der Waals surface area contributed by atoms with Crippen molar-refractivity contribution in [3.8, 4) is 11.8 Å². The molecule has 0 unspecified atom stereocenters. The molecule has 1 aliphatic rings. The molecule has 1 aromatic carbocycles. The Kier molecular flexibility index (Phi) is 4.99. The Hall–Kier alpha value is -1.42. The minimum Gasteiger partial charge on any atom is -0.320 e. The zero-order valence-corrected chi connectivity index (χ0v) is 12.8. The van der Waals surface area contributed by atoms with Crippen molar-refractivity contribution in [3.05, 3.63) is 29.6 Å². The highest BCUT2D eigenvalue weighted by Crippen LogP contribution is 2.24. The van der Waals surface area contributed by atoms with Crippen LogP contribution in [-0.4, -0.2) is 32.4 Å². The van der Waals surface area contributed by atoms with E-state index in [0.29, 0.717) is 19.0 Å². The minimum atomic E-state index is -3.62. The van der Waals surface area contributed by atoms with Crippen LogP contribution in [0.15, 0.2) is 23.1 Å². The first-order valence-corrected chi connectivity index (χ1v) is 8.38. The predicted molar refractivity (Wildman–Crippen MR) is 79.5 cm³/mol. The number of hydrogen-bond donors (Lipinski definition) is 1. The quantitative estimate of drug-likeness (QED) is 0.843. The second-order valence-electron chi connectivity index (χ2n) is 5.23. The zero-order chi connectivity index (χ0) is 15.5. The third-order valence-electron chi connectivity index (χ3n) is 3.65. The molecule has 1 heterocycles. The molecule has 21 heavy (non-hydrogen) atoms. The predicted octanol–water partition coefficient (Wildman–Crippen LogP) is 1.56. The van der Waals surface area contributed by atoms with Gasteiger partial charge in [0.25, 0.3) is 0 Å². The fourth-order valence-corrected chi connectivity index (χ4v) is 3.76. The first-order valence-electron chi connectivity index (χ1n) is 6.94. The summed E-state index contributed by atoms with van der Waals surface area (Å²) in [5.74, 6) is 5.02. The van der Waals surface area contributed by atoms with Crippen LogP contribution in [0.3, 0.4) is 0 Å². The molecule has 1 aliphatic heterocycles. The van der Waals surface area contributed by atoms with Gasteiger partial charge < -0.3 is 5.73 Å². The molecule has 0 atom stereocenters. The molecular weight excluding hydrogens is 291 g/mol. The number of hydrogen-bond acceptors (Lipinski definition) is 3. The van der Waals surface area contributed by atoms with Crippen molar-refractivity contribution in [2.45, 2.75) is 24.7 Å². The molecule has 1 aromatic rings. The van der Waals surface area contributed by atoms with E-state index >= 15 is 0 Å². The molecule has 4 nitrogen and oxygen atoms in total. The van der Waals surface area contributed by atoms with Crippen LogP contribution >= 0.6 is 0 Å². The smallest absolute Gasteiger partial charge is 0.243 e. The molecule has 114 valence electrons. The molecule has 0 spiro atoms. The van der Waals surface area contributed by atoms with Crippen molar-refractivity contribution in [2.75, 3.05) is 19.6 Å². The molecule has 0 saturated carbocycles. The summed E-state index contributed by atoms with van der Waals surface area (Å²) >= 11 is 0. The summed E-state index contributed by atoms with van der Waals surface area (Å²) in [6.07, 6.45) is 1.67. The van der Waals surface area contributed by atoms with Gasteiger partial charge in [-0.1, -0.05) is 18.8 Å². The lowest BCUT2D eigenvalue weighted by Crippen LogP contribution is -2.37. The van der Waals surface area contributed by atoms with E-state index in [1.807, 2.05) is 0 Å². The van der Waals surface area contributed by atoms with E-state index in [2.05, 4.69) is 18.8 Å². The number of nitrogens with two attached hydrogens (primary N) is 1. The SMILES string of the molecule is CC1CCN(S(=O)(=O)c2ccc(C#CCN)c(F)c2)CC1. The van der Waals surface area contributed by atoms with Crippen LogP contribution in [-0.2, 0) is 10.0 Å².